The van der Waals surface area contributed by atoms with E-state index in [1.165, 1.54) is 11.3 Å². The van der Waals surface area contributed by atoms with Crippen LogP contribution in [0.5, 0.6) is 0 Å². The van der Waals surface area contributed by atoms with Crippen molar-refractivity contribution in [2.75, 3.05) is 11.1 Å². The number of benzene rings is 1. The van der Waals surface area contributed by atoms with Crippen molar-refractivity contribution in [3.05, 3.63) is 34.7 Å². The van der Waals surface area contributed by atoms with Gasteiger partial charge in [0.1, 0.15) is 9.71 Å². The van der Waals surface area contributed by atoms with Gasteiger partial charge < -0.3 is 21.9 Å². The first-order chi connectivity index (χ1) is 12.1. The van der Waals surface area contributed by atoms with Gasteiger partial charge >= 0.3 is 0 Å². The summed E-state index contributed by atoms with van der Waals surface area (Å²) in [4.78, 5) is 21.7. The van der Waals surface area contributed by atoms with Gasteiger partial charge in [0.2, 0.25) is 5.95 Å². The SMILES string of the molecule is NC(=O)c1sc2nc(NC3CC3)nc(-c3cccc(CO)c3)c2c1N. The van der Waals surface area contributed by atoms with E-state index in [-0.39, 0.29) is 11.5 Å². The number of thiophene rings is 1. The van der Waals surface area contributed by atoms with Gasteiger partial charge in [-0.3, -0.25) is 4.79 Å². The Morgan fingerprint density at radius 2 is 2.16 bits per heavy atom. The van der Waals surface area contributed by atoms with Crippen LogP contribution in [-0.2, 0) is 6.61 Å². The lowest BCUT2D eigenvalue weighted by molar-refractivity contribution is 0.100. The fourth-order valence-electron chi connectivity index (χ4n) is 2.71. The van der Waals surface area contributed by atoms with Gasteiger partial charge in [-0.15, -0.1) is 11.3 Å². The zero-order valence-corrected chi connectivity index (χ0v) is 14.1. The van der Waals surface area contributed by atoms with E-state index in [1.807, 2.05) is 24.3 Å². The zero-order valence-electron chi connectivity index (χ0n) is 13.3. The third-order valence-electron chi connectivity index (χ3n) is 4.11. The number of hydrogen-bond acceptors (Lipinski definition) is 7. The Morgan fingerprint density at radius 1 is 1.36 bits per heavy atom. The summed E-state index contributed by atoms with van der Waals surface area (Å²) in [7, 11) is 0. The molecule has 0 radical (unpaired) electrons. The minimum absolute atomic E-state index is 0.0685. The smallest absolute Gasteiger partial charge is 0.260 e. The Labute approximate surface area is 147 Å². The van der Waals surface area contributed by atoms with Crippen molar-refractivity contribution >= 4 is 39.1 Å². The molecule has 128 valence electrons. The molecule has 0 bridgehead atoms. The van der Waals surface area contributed by atoms with Crippen LogP contribution in [0.3, 0.4) is 0 Å². The molecule has 1 aromatic carbocycles. The standard InChI is InChI=1S/C17H17N5O2S/c18-12-11-13(9-3-1-2-8(6-9)7-23)21-17(20-10-4-5-10)22-16(11)25-14(12)15(19)24/h1-3,6,10,23H,4-5,7,18H2,(H2,19,24)(H,20,21,22). The van der Waals surface area contributed by atoms with E-state index in [9.17, 15) is 9.90 Å². The maximum absolute atomic E-state index is 11.7. The topological polar surface area (TPSA) is 127 Å². The largest absolute Gasteiger partial charge is 0.397 e. The van der Waals surface area contributed by atoms with E-state index in [0.717, 1.165) is 24.0 Å². The molecule has 25 heavy (non-hydrogen) atoms. The number of nitrogens with zero attached hydrogens (tertiary/aromatic N) is 2. The van der Waals surface area contributed by atoms with Crippen molar-refractivity contribution in [2.45, 2.75) is 25.5 Å². The molecule has 0 aliphatic heterocycles. The number of amides is 1. The number of anilines is 2. The molecule has 3 aromatic rings. The Balaban J connectivity index is 1.96. The number of aliphatic hydroxyl groups excluding tert-OH is 1. The maximum atomic E-state index is 11.7. The number of nitrogens with two attached hydrogens (primary N) is 2. The molecule has 0 atom stereocenters. The summed E-state index contributed by atoms with van der Waals surface area (Å²) in [5.41, 5.74) is 14.1. The van der Waals surface area contributed by atoms with Gasteiger partial charge in [-0.2, -0.15) is 0 Å². The summed E-state index contributed by atoms with van der Waals surface area (Å²) < 4.78 is 0. The highest BCUT2D eigenvalue weighted by Gasteiger charge is 2.25. The molecule has 4 rings (SSSR count). The predicted molar refractivity (Wildman–Crippen MR) is 98.3 cm³/mol. The van der Waals surface area contributed by atoms with Gasteiger partial charge in [-0.1, -0.05) is 18.2 Å². The van der Waals surface area contributed by atoms with Gasteiger partial charge in [0, 0.05) is 11.6 Å². The van der Waals surface area contributed by atoms with Gasteiger partial charge in [-0.25, -0.2) is 9.97 Å². The molecule has 1 aliphatic rings. The van der Waals surface area contributed by atoms with E-state index < -0.39 is 5.91 Å². The second-order valence-corrected chi connectivity index (χ2v) is 7.06. The summed E-state index contributed by atoms with van der Waals surface area (Å²) in [6.07, 6.45) is 2.19. The highest BCUT2D eigenvalue weighted by molar-refractivity contribution is 7.21. The van der Waals surface area contributed by atoms with E-state index in [4.69, 9.17) is 11.5 Å². The summed E-state index contributed by atoms with van der Waals surface area (Å²) in [5.74, 6) is -0.0658. The normalized spacial score (nSPS) is 14.0. The number of hydrogen-bond donors (Lipinski definition) is 4. The number of aliphatic hydroxyl groups is 1. The van der Waals surface area contributed by atoms with Crippen molar-refractivity contribution in [2.24, 2.45) is 5.73 Å². The monoisotopic (exact) mass is 355 g/mol. The van der Waals surface area contributed by atoms with Crippen LogP contribution < -0.4 is 16.8 Å². The molecular weight excluding hydrogens is 338 g/mol. The van der Waals surface area contributed by atoms with Crippen molar-refractivity contribution in [1.82, 2.24) is 9.97 Å². The molecule has 8 heteroatoms. The van der Waals surface area contributed by atoms with E-state index >= 15 is 0 Å². The minimum Gasteiger partial charge on any atom is -0.397 e. The molecule has 1 aliphatic carbocycles. The van der Waals surface area contributed by atoms with E-state index in [2.05, 4.69) is 15.3 Å². The summed E-state index contributed by atoms with van der Waals surface area (Å²) in [6.45, 7) is -0.0685. The van der Waals surface area contributed by atoms with Crippen molar-refractivity contribution in [1.29, 1.82) is 0 Å². The third-order valence-corrected chi connectivity index (χ3v) is 5.22. The number of carbonyl (C=O) groups excluding carboxylic acids is 1. The van der Waals surface area contributed by atoms with Crippen LogP contribution in [0.4, 0.5) is 11.6 Å². The number of fused-ring (bicyclic) bond motifs is 1. The Morgan fingerprint density at radius 3 is 2.84 bits per heavy atom. The van der Waals surface area contributed by atoms with Crippen LogP contribution in [0.1, 0.15) is 28.1 Å². The van der Waals surface area contributed by atoms with Crippen LogP contribution in [0.2, 0.25) is 0 Å². The number of aromatic nitrogens is 2. The van der Waals surface area contributed by atoms with Gasteiger partial charge in [0.25, 0.3) is 5.91 Å². The van der Waals surface area contributed by atoms with Gasteiger partial charge in [0.15, 0.2) is 0 Å². The van der Waals surface area contributed by atoms with Crippen LogP contribution in [0, 0.1) is 0 Å². The van der Waals surface area contributed by atoms with Gasteiger partial charge in [0.05, 0.1) is 23.4 Å². The van der Waals surface area contributed by atoms with Crippen molar-refractivity contribution in [3.8, 4) is 11.3 Å². The highest BCUT2D eigenvalue weighted by Crippen LogP contribution is 2.39. The van der Waals surface area contributed by atoms with Crippen LogP contribution in [-0.4, -0.2) is 27.0 Å². The first-order valence-corrected chi connectivity index (χ1v) is 8.75. The van der Waals surface area contributed by atoms with Crippen LogP contribution in [0.25, 0.3) is 21.5 Å². The maximum Gasteiger partial charge on any atom is 0.260 e. The Kier molecular flexibility index (Phi) is 3.78. The molecule has 0 spiro atoms. The lowest BCUT2D eigenvalue weighted by atomic mass is 10.1. The highest BCUT2D eigenvalue weighted by atomic mass is 32.1. The number of nitrogens with one attached hydrogen (secondary N) is 1. The van der Waals surface area contributed by atoms with Gasteiger partial charge in [-0.05, 0) is 24.5 Å². The molecule has 1 saturated carbocycles. The number of primary amides is 1. The molecule has 0 saturated heterocycles. The van der Waals surface area contributed by atoms with E-state index in [0.29, 0.717) is 33.6 Å². The summed E-state index contributed by atoms with van der Waals surface area (Å²) in [6, 6.07) is 7.81. The second kappa shape index (κ2) is 5.98. The van der Waals surface area contributed by atoms with Crippen molar-refractivity contribution < 1.29 is 9.90 Å². The minimum atomic E-state index is -0.577. The first-order valence-electron chi connectivity index (χ1n) is 7.93. The lowest BCUT2D eigenvalue weighted by Crippen LogP contribution is -2.10. The lowest BCUT2D eigenvalue weighted by Gasteiger charge is -2.09. The fraction of sp³-hybridized carbons (Fsp3) is 0.235. The third kappa shape index (κ3) is 2.90. The molecule has 1 amide bonds. The Hall–Kier alpha value is -2.71. The molecule has 0 unspecified atom stereocenters. The molecule has 6 N–H and O–H groups in total. The van der Waals surface area contributed by atoms with Crippen LogP contribution >= 0.6 is 11.3 Å². The quantitative estimate of drug-likeness (QED) is 0.555. The zero-order chi connectivity index (χ0) is 17.6. The summed E-state index contributed by atoms with van der Waals surface area (Å²) in [5, 5.41) is 13.3. The molecule has 7 nitrogen and oxygen atoms in total. The molecule has 2 aromatic heterocycles. The molecule has 1 fully saturated rings. The fourth-order valence-corrected chi connectivity index (χ4v) is 3.65. The average Bonchev–Trinajstić information content (AvgIpc) is 3.36. The molecular formula is C17H17N5O2S. The average molecular weight is 355 g/mol. The second-order valence-electron chi connectivity index (χ2n) is 6.06. The van der Waals surface area contributed by atoms with E-state index in [1.54, 1.807) is 0 Å². The van der Waals surface area contributed by atoms with Crippen molar-refractivity contribution in [3.63, 3.8) is 0 Å². The Bertz CT molecular complexity index is 981. The van der Waals surface area contributed by atoms with Crippen LogP contribution in [0.15, 0.2) is 24.3 Å². The first kappa shape index (κ1) is 15.8. The predicted octanol–water partition coefficient (Wildman–Crippen LogP) is 2.11. The molecule has 2 heterocycles. The number of carbonyl (C=O) groups is 1. The summed E-state index contributed by atoms with van der Waals surface area (Å²) >= 11 is 1.17. The number of nitrogen functional groups attached to an aromatic ring is 1. The number of rotatable bonds is 5.